The topological polar surface area (TPSA) is 0 Å². The third-order valence-electron chi connectivity index (χ3n) is 4.80. The van der Waals surface area contributed by atoms with Crippen molar-refractivity contribution < 1.29 is 74.6 Å². The van der Waals surface area contributed by atoms with Crippen molar-refractivity contribution in [3.8, 4) is 0 Å². The van der Waals surface area contributed by atoms with E-state index in [1.165, 1.54) is 0 Å². The first kappa shape index (κ1) is 33.5. The van der Waals surface area contributed by atoms with E-state index in [0.717, 1.165) is 12.8 Å². The standard InChI is InChI=1S/C18H19F17/c1-2-3-4-5-6-7-8-9-10-11(19,20)12(21,22)13(23,24)14(25,26)15(27,28)16(29,30)17(31,32)18(33,34)35/h9-10H,2-8H2,1H3. The maximum absolute atomic E-state index is 13.6. The highest BCUT2D eigenvalue weighted by Crippen LogP contribution is 2.64. The highest BCUT2D eigenvalue weighted by atomic mass is 19.4. The number of alkyl halides is 17. The molecule has 0 fully saturated rings. The average molecular weight is 558 g/mol. The Morgan fingerprint density at radius 3 is 1.17 bits per heavy atom. The predicted molar refractivity (Wildman–Crippen MR) is 87.8 cm³/mol. The minimum atomic E-state index is -8.59. The second kappa shape index (κ2) is 10.5. The van der Waals surface area contributed by atoms with E-state index in [-0.39, 0.29) is 12.5 Å². The molecule has 0 aromatic carbocycles. The van der Waals surface area contributed by atoms with E-state index in [0.29, 0.717) is 19.3 Å². The van der Waals surface area contributed by atoms with Gasteiger partial charge in [0.05, 0.1) is 0 Å². The molecule has 0 saturated heterocycles. The molecule has 0 radical (unpaired) electrons. The largest absolute Gasteiger partial charge is 0.460 e. The molecule has 0 aromatic heterocycles. The van der Waals surface area contributed by atoms with Crippen LogP contribution in [0.15, 0.2) is 12.2 Å². The lowest BCUT2D eigenvalue weighted by molar-refractivity contribution is -0.459. The molecule has 0 aromatic rings. The van der Waals surface area contributed by atoms with E-state index in [4.69, 9.17) is 0 Å². The van der Waals surface area contributed by atoms with Crippen LogP contribution in [0, 0.1) is 0 Å². The molecule has 35 heavy (non-hydrogen) atoms. The molecule has 0 aliphatic heterocycles. The number of hydrogen-bond acceptors (Lipinski definition) is 0. The van der Waals surface area contributed by atoms with Crippen LogP contribution in [-0.4, -0.2) is 47.6 Å². The molecule has 210 valence electrons. The molecule has 0 heterocycles. The summed E-state index contributed by atoms with van der Waals surface area (Å²) in [5.41, 5.74) is 0. The van der Waals surface area contributed by atoms with Crippen LogP contribution >= 0.6 is 0 Å². The van der Waals surface area contributed by atoms with Crippen molar-refractivity contribution in [3.05, 3.63) is 12.2 Å². The Kier molecular flexibility index (Phi) is 10.1. The molecule has 0 atom stereocenters. The summed E-state index contributed by atoms with van der Waals surface area (Å²) in [6, 6.07) is 0. The van der Waals surface area contributed by atoms with Crippen LogP contribution in [0.2, 0.25) is 0 Å². The Balaban J connectivity index is 6.02. The Morgan fingerprint density at radius 1 is 0.429 bits per heavy atom. The van der Waals surface area contributed by atoms with E-state index in [9.17, 15) is 74.6 Å². The van der Waals surface area contributed by atoms with Crippen molar-refractivity contribution >= 4 is 0 Å². The van der Waals surface area contributed by atoms with E-state index < -0.39 is 60.1 Å². The van der Waals surface area contributed by atoms with Gasteiger partial charge in [-0.1, -0.05) is 45.1 Å². The summed E-state index contributed by atoms with van der Waals surface area (Å²) in [6.45, 7) is 1.85. The van der Waals surface area contributed by atoms with Crippen LogP contribution in [0.5, 0.6) is 0 Å². The molecule has 0 unspecified atom stereocenters. The van der Waals surface area contributed by atoms with Crippen molar-refractivity contribution in [2.24, 2.45) is 0 Å². The monoisotopic (exact) mass is 558 g/mol. The lowest BCUT2D eigenvalue weighted by Crippen LogP contribution is -2.74. The summed E-state index contributed by atoms with van der Waals surface area (Å²) in [7, 11) is 0. The second-order valence-electron chi connectivity index (χ2n) is 7.53. The summed E-state index contributed by atoms with van der Waals surface area (Å²) in [4.78, 5) is 0. The van der Waals surface area contributed by atoms with Crippen LogP contribution in [0.25, 0.3) is 0 Å². The van der Waals surface area contributed by atoms with Gasteiger partial charge >= 0.3 is 47.6 Å². The van der Waals surface area contributed by atoms with Gasteiger partial charge in [-0.25, -0.2) is 0 Å². The van der Waals surface area contributed by atoms with Crippen molar-refractivity contribution in [3.63, 3.8) is 0 Å². The molecule has 0 aliphatic carbocycles. The number of unbranched alkanes of at least 4 members (excludes halogenated alkanes) is 6. The Morgan fingerprint density at radius 2 is 0.771 bits per heavy atom. The summed E-state index contributed by atoms with van der Waals surface area (Å²) >= 11 is 0. The van der Waals surface area contributed by atoms with Gasteiger partial charge in [-0.3, -0.25) is 0 Å². The number of rotatable bonds is 14. The molecular weight excluding hydrogens is 539 g/mol. The van der Waals surface area contributed by atoms with Crippen LogP contribution in [-0.2, 0) is 0 Å². The Labute approximate surface area is 187 Å². The molecule has 0 rings (SSSR count). The van der Waals surface area contributed by atoms with Gasteiger partial charge in [0.1, 0.15) is 0 Å². The SMILES string of the molecule is CCCCCCCCC=CC(F)(F)C(F)(F)C(F)(F)C(F)(F)C(F)(F)C(F)(F)C(F)(F)C(F)(F)F. The first-order valence-corrected chi connectivity index (χ1v) is 9.70. The van der Waals surface area contributed by atoms with Crippen molar-refractivity contribution in [2.75, 3.05) is 0 Å². The third kappa shape index (κ3) is 5.77. The molecule has 0 N–H and O–H groups in total. The molecule has 17 heteroatoms. The van der Waals surface area contributed by atoms with Crippen LogP contribution in [0.1, 0.15) is 51.9 Å². The molecule has 0 nitrogen and oxygen atoms in total. The maximum atomic E-state index is 13.6. The summed E-state index contributed by atoms with van der Waals surface area (Å²) in [5.74, 6) is -56.1. The lowest BCUT2D eigenvalue weighted by Gasteiger charge is -2.42. The maximum Gasteiger partial charge on any atom is 0.460 e. The van der Waals surface area contributed by atoms with Gasteiger partial charge in [-0.15, -0.1) is 0 Å². The van der Waals surface area contributed by atoms with Crippen molar-refractivity contribution in [1.29, 1.82) is 0 Å². The zero-order valence-corrected chi connectivity index (χ0v) is 17.5. The fourth-order valence-electron chi connectivity index (χ4n) is 2.55. The molecule has 0 aliphatic rings. The van der Waals surface area contributed by atoms with Crippen molar-refractivity contribution in [1.82, 2.24) is 0 Å². The van der Waals surface area contributed by atoms with Gasteiger partial charge in [0.2, 0.25) is 0 Å². The summed E-state index contributed by atoms with van der Waals surface area (Å²) in [5, 5.41) is 0. The molecule has 0 bridgehead atoms. The fourth-order valence-corrected chi connectivity index (χ4v) is 2.55. The molecule has 0 spiro atoms. The number of hydrogen-bond donors (Lipinski definition) is 0. The first-order valence-electron chi connectivity index (χ1n) is 9.70. The van der Waals surface area contributed by atoms with Gasteiger partial charge in [-0.05, 0) is 18.9 Å². The lowest BCUT2D eigenvalue weighted by atomic mass is 9.89. The third-order valence-corrected chi connectivity index (χ3v) is 4.80. The normalized spacial score (nSPS) is 15.8. The highest BCUT2D eigenvalue weighted by molar-refractivity contribution is 5.17. The predicted octanol–water partition coefficient (Wildman–Crippen LogP) is 9.30. The smallest absolute Gasteiger partial charge is 0.195 e. The highest BCUT2D eigenvalue weighted by Gasteiger charge is 2.95. The summed E-state index contributed by atoms with van der Waals surface area (Å²) < 4.78 is 223. The van der Waals surface area contributed by atoms with E-state index in [1.807, 2.05) is 6.92 Å². The van der Waals surface area contributed by atoms with E-state index in [2.05, 4.69) is 0 Å². The van der Waals surface area contributed by atoms with Gasteiger partial charge in [0.25, 0.3) is 0 Å². The second-order valence-corrected chi connectivity index (χ2v) is 7.53. The van der Waals surface area contributed by atoms with Gasteiger partial charge in [-0.2, -0.15) is 74.6 Å². The quantitative estimate of drug-likeness (QED) is 0.113. The van der Waals surface area contributed by atoms with E-state index in [1.54, 1.807) is 0 Å². The summed E-state index contributed by atoms with van der Waals surface area (Å²) in [6.07, 6.45) is -6.12. The number of allylic oxidation sites excluding steroid dienone is 2. The minimum Gasteiger partial charge on any atom is -0.195 e. The Bertz CT molecular complexity index is 702. The van der Waals surface area contributed by atoms with Gasteiger partial charge in [0, 0.05) is 0 Å². The average Bonchev–Trinajstić information content (AvgIpc) is 2.68. The van der Waals surface area contributed by atoms with Crippen LogP contribution < -0.4 is 0 Å². The van der Waals surface area contributed by atoms with E-state index >= 15 is 0 Å². The van der Waals surface area contributed by atoms with Crippen molar-refractivity contribution in [2.45, 2.75) is 99.5 Å². The zero-order valence-electron chi connectivity index (χ0n) is 17.5. The molecular formula is C18H19F17. The first-order chi connectivity index (χ1) is 15.3. The minimum absolute atomic E-state index is 0.00520. The molecule has 0 amide bonds. The number of halogens is 17. The Hall–Kier alpha value is -1.45. The van der Waals surface area contributed by atoms with Crippen LogP contribution in [0.4, 0.5) is 74.6 Å². The van der Waals surface area contributed by atoms with Gasteiger partial charge < -0.3 is 0 Å². The fraction of sp³-hybridized carbons (Fsp3) is 0.889. The molecule has 0 saturated carbocycles. The van der Waals surface area contributed by atoms with Crippen LogP contribution in [0.3, 0.4) is 0 Å². The van der Waals surface area contributed by atoms with Gasteiger partial charge in [0.15, 0.2) is 0 Å². The zero-order chi connectivity index (χ0) is 28.4.